The first-order valence-corrected chi connectivity index (χ1v) is 15.2. The van der Waals surface area contributed by atoms with Crippen LogP contribution in [0.3, 0.4) is 0 Å². The van der Waals surface area contributed by atoms with Gasteiger partial charge < -0.3 is 15.1 Å². The average molecular weight is 804 g/mol. The summed E-state index contributed by atoms with van der Waals surface area (Å²) >= 11 is 0. The van der Waals surface area contributed by atoms with E-state index in [-0.39, 0.29) is 0 Å². The van der Waals surface area contributed by atoms with E-state index in [0.717, 1.165) is 0 Å². The lowest BCUT2D eigenvalue weighted by atomic mass is 9.71. The third-order valence-electron chi connectivity index (χ3n) is 8.71. The molecular formula is C27H13BF20O3Si. The second-order valence-corrected chi connectivity index (χ2v) is 15.2. The summed E-state index contributed by atoms with van der Waals surface area (Å²) < 4.78 is 305. The van der Waals surface area contributed by atoms with Crippen molar-refractivity contribution in [2.45, 2.75) is 43.3 Å². The Morgan fingerprint density at radius 3 is 0.846 bits per heavy atom. The number of benzene rings is 3. The molecule has 0 heterocycles. The van der Waals surface area contributed by atoms with Gasteiger partial charge in [-0.2, -0.15) is 0 Å². The van der Waals surface area contributed by atoms with Crippen LogP contribution in [0.1, 0.15) is 20.8 Å². The fourth-order valence-electron chi connectivity index (χ4n) is 5.97. The van der Waals surface area contributed by atoms with Crippen molar-refractivity contribution in [1.29, 1.82) is 0 Å². The minimum Gasteiger partial charge on any atom is -0.402 e. The lowest BCUT2D eigenvalue weighted by Crippen LogP contribution is -2.83. The van der Waals surface area contributed by atoms with Crippen molar-refractivity contribution in [2.75, 3.05) is 0 Å². The van der Waals surface area contributed by atoms with Crippen molar-refractivity contribution in [2.24, 2.45) is 0 Å². The maximum Gasteiger partial charge on any atom is 0.631 e. The Kier molecular flexibility index (Phi) is 11.1. The van der Waals surface area contributed by atoms with Crippen LogP contribution >= 0.6 is 0 Å². The number of allylic oxidation sites excluding steroid dienone is 2. The molecule has 0 spiro atoms. The normalized spacial score (nSPS) is 23.5. The largest absolute Gasteiger partial charge is 0.631 e. The molecule has 0 radical (unpaired) electrons. The van der Waals surface area contributed by atoms with Gasteiger partial charge in [-0.05, 0) is 13.8 Å². The van der Waals surface area contributed by atoms with Crippen molar-refractivity contribution in [3.63, 3.8) is 0 Å². The first kappa shape index (κ1) is 42.6. The molecule has 1 aliphatic rings. The minimum atomic E-state index is -8.67. The maximum absolute atomic E-state index is 17.0. The lowest BCUT2D eigenvalue weighted by molar-refractivity contribution is -0.0984. The molecule has 3 nitrogen and oxygen atoms in total. The zero-order valence-corrected chi connectivity index (χ0v) is 26.1. The van der Waals surface area contributed by atoms with Crippen LogP contribution in [0.4, 0.5) is 87.8 Å². The SMILES string of the molecule is CC1(F)C(F)C(F)=C(F)C(C)([Si](c2c(F)c(F)c(F)c(F)c2F)(c2c(F)c(F)c(F)c(F)c2F)c2c(F)c(F)c(F)c(F)c2F)C1(C)F.OB(O)O. The van der Waals surface area contributed by atoms with Gasteiger partial charge in [0.1, 0.15) is 5.83 Å². The van der Waals surface area contributed by atoms with Crippen molar-refractivity contribution < 1.29 is 103 Å². The van der Waals surface area contributed by atoms with E-state index in [9.17, 15) is 43.9 Å². The predicted octanol–water partition coefficient (Wildman–Crippen LogP) is 5.91. The predicted molar refractivity (Wildman–Crippen MR) is 137 cm³/mol. The highest BCUT2D eigenvalue weighted by atomic mass is 28.3. The Morgan fingerprint density at radius 2 is 0.635 bits per heavy atom. The molecule has 25 heteroatoms. The Hall–Kier alpha value is -3.84. The van der Waals surface area contributed by atoms with Gasteiger partial charge in [0.15, 0.2) is 101 Å². The van der Waals surface area contributed by atoms with E-state index in [1.54, 1.807) is 0 Å². The Morgan fingerprint density at radius 1 is 0.442 bits per heavy atom. The molecule has 0 bridgehead atoms. The molecule has 3 aromatic rings. The van der Waals surface area contributed by atoms with Crippen molar-refractivity contribution in [3.05, 3.63) is 98.9 Å². The van der Waals surface area contributed by atoms with E-state index in [0.29, 0.717) is 0 Å². The number of halogens is 20. The molecule has 0 aliphatic heterocycles. The second kappa shape index (κ2) is 13.5. The number of hydrogen-bond donors (Lipinski definition) is 3. The lowest BCUT2D eigenvalue weighted by Gasteiger charge is -2.58. The van der Waals surface area contributed by atoms with Gasteiger partial charge in [0.2, 0.25) is 17.5 Å². The van der Waals surface area contributed by atoms with Gasteiger partial charge in [0.05, 0.1) is 5.04 Å². The van der Waals surface area contributed by atoms with Crippen LogP contribution in [-0.4, -0.2) is 48.0 Å². The summed E-state index contributed by atoms with van der Waals surface area (Å²) in [6, 6.07) is 0. The topological polar surface area (TPSA) is 60.7 Å². The van der Waals surface area contributed by atoms with Gasteiger partial charge in [-0.25, -0.2) is 87.8 Å². The van der Waals surface area contributed by atoms with E-state index in [2.05, 4.69) is 0 Å². The van der Waals surface area contributed by atoms with Crippen LogP contribution in [0, 0.1) is 87.3 Å². The molecule has 52 heavy (non-hydrogen) atoms. The van der Waals surface area contributed by atoms with Gasteiger partial charge in [-0.15, -0.1) is 0 Å². The van der Waals surface area contributed by atoms with Gasteiger partial charge in [-0.1, -0.05) is 6.92 Å². The highest BCUT2D eigenvalue weighted by molar-refractivity contribution is 7.14. The number of rotatable bonds is 4. The van der Waals surface area contributed by atoms with Gasteiger partial charge in [-0.3, -0.25) is 0 Å². The monoisotopic (exact) mass is 804 g/mol. The molecule has 4 unspecified atom stereocenters. The molecule has 3 N–H and O–H groups in total. The first-order valence-electron chi connectivity index (χ1n) is 13.2. The third-order valence-corrected chi connectivity index (χ3v) is 14.5. The van der Waals surface area contributed by atoms with Crippen molar-refractivity contribution in [1.82, 2.24) is 0 Å². The van der Waals surface area contributed by atoms with Crippen LogP contribution in [0.25, 0.3) is 0 Å². The molecule has 0 saturated heterocycles. The van der Waals surface area contributed by atoms with Gasteiger partial charge >= 0.3 is 7.32 Å². The van der Waals surface area contributed by atoms with Crippen LogP contribution in [0.2, 0.25) is 5.04 Å². The summed E-state index contributed by atoms with van der Waals surface area (Å²) in [6.07, 6.45) is -4.28. The molecule has 0 aromatic heterocycles. The van der Waals surface area contributed by atoms with E-state index in [1.807, 2.05) is 0 Å². The Balaban J connectivity index is 0.00000173. The highest BCUT2D eigenvalue weighted by Gasteiger charge is 2.79. The minimum absolute atomic E-state index is 0.420. The Labute approximate surface area is 276 Å². The van der Waals surface area contributed by atoms with E-state index < -0.39 is 173 Å². The first-order chi connectivity index (χ1) is 23.5. The molecule has 1 aliphatic carbocycles. The zero-order chi connectivity index (χ0) is 40.7. The van der Waals surface area contributed by atoms with Gasteiger partial charge in [0.25, 0.3) is 0 Å². The van der Waals surface area contributed by atoms with Crippen LogP contribution in [0.5, 0.6) is 0 Å². The number of alkyl halides is 3. The standard InChI is InChI=1S/C27H10F20Si.BH3O3/c1-25(46)23(44)19(43)24(45)26(2,27(25,3)47)48(20-13(37)7(31)4(28)8(32)14(20)38,21-15(39)9(33)5(29)10(34)16(21)40)22-17(41)11(35)6(30)12(36)18(22)42;2-1(3)4/h23H,1-3H3;2-4H. The van der Waals surface area contributed by atoms with Crippen LogP contribution in [-0.2, 0) is 0 Å². The van der Waals surface area contributed by atoms with Crippen LogP contribution in [0.15, 0.2) is 11.7 Å². The smallest absolute Gasteiger partial charge is 0.402 e. The molecular weight excluding hydrogens is 791 g/mol. The summed E-state index contributed by atoms with van der Waals surface area (Å²) in [4.78, 5) is 0. The summed E-state index contributed by atoms with van der Waals surface area (Å²) in [5, 5.41) is 5.86. The second-order valence-electron chi connectivity index (χ2n) is 11.2. The highest BCUT2D eigenvalue weighted by Crippen LogP contribution is 2.66. The van der Waals surface area contributed by atoms with Crippen molar-refractivity contribution >= 4 is 31.0 Å². The third kappa shape index (κ3) is 5.31. The molecule has 4 rings (SSSR count). The summed E-state index contributed by atoms with van der Waals surface area (Å²) in [5.74, 6) is -59.8. The fourth-order valence-corrected chi connectivity index (χ4v) is 12.2. The van der Waals surface area contributed by atoms with Crippen LogP contribution < -0.4 is 15.6 Å². The maximum atomic E-state index is 17.0. The van der Waals surface area contributed by atoms with E-state index in [4.69, 9.17) is 15.1 Å². The molecule has 0 amide bonds. The van der Waals surface area contributed by atoms with Gasteiger partial charge in [0, 0.05) is 15.6 Å². The molecule has 0 saturated carbocycles. The molecule has 3 aromatic carbocycles. The average Bonchev–Trinajstić information content (AvgIpc) is 3.07. The Bertz CT molecular complexity index is 1760. The zero-order valence-electron chi connectivity index (χ0n) is 25.1. The summed E-state index contributed by atoms with van der Waals surface area (Å²) in [6.45, 7) is -1.61. The summed E-state index contributed by atoms with van der Waals surface area (Å²) in [7, 11) is -10.8. The summed E-state index contributed by atoms with van der Waals surface area (Å²) in [5.41, 5.74) is -10.1. The quantitative estimate of drug-likeness (QED) is 0.101. The van der Waals surface area contributed by atoms with E-state index in [1.165, 1.54) is 0 Å². The molecule has 4 atom stereocenters. The molecule has 0 fully saturated rings. The van der Waals surface area contributed by atoms with Crippen molar-refractivity contribution in [3.8, 4) is 0 Å². The molecule has 286 valence electrons. The van der Waals surface area contributed by atoms with E-state index >= 15 is 43.9 Å². The number of hydrogen-bond acceptors (Lipinski definition) is 3. The fraction of sp³-hybridized carbons (Fsp3) is 0.259.